The van der Waals surface area contributed by atoms with E-state index in [9.17, 15) is 9.18 Å². The fourth-order valence-corrected chi connectivity index (χ4v) is 1.94. The predicted molar refractivity (Wildman–Crippen MR) is 72.7 cm³/mol. The molecule has 0 radical (unpaired) electrons. The number of anilines is 1. The van der Waals surface area contributed by atoms with Gasteiger partial charge in [-0.15, -0.1) is 0 Å². The van der Waals surface area contributed by atoms with Gasteiger partial charge in [0.2, 0.25) is 0 Å². The molecule has 1 heterocycles. The van der Waals surface area contributed by atoms with Crippen molar-refractivity contribution < 1.29 is 9.18 Å². The van der Waals surface area contributed by atoms with Crippen LogP contribution in [0.15, 0.2) is 36.7 Å². The molecule has 2 aromatic rings. The summed E-state index contributed by atoms with van der Waals surface area (Å²) in [4.78, 5) is 15.7. The van der Waals surface area contributed by atoms with Gasteiger partial charge in [-0.2, -0.15) is 0 Å². The molecular weight excluding hydrogens is 243 g/mol. The third kappa shape index (κ3) is 2.78. The molecule has 0 unspecified atom stereocenters. The van der Waals surface area contributed by atoms with Gasteiger partial charge in [-0.1, -0.05) is 25.1 Å². The maximum absolute atomic E-state index is 13.5. The molecule has 19 heavy (non-hydrogen) atoms. The van der Waals surface area contributed by atoms with Crippen LogP contribution in [0.1, 0.15) is 28.4 Å². The first-order valence-electron chi connectivity index (χ1n) is 6.12. The van der Waals surface area contributed by atoms with Gasteiger partial charge in [0, 0.05) is 11.9 Å². The van der Waals surface area contributed by atoms with E-state index in [1.54, 1.807) is 0 Å². The highest BCUT2D eigenvalue weighted by molar-refractivity contribution is 6.05. The predicted octanol–water partition coefficient (Wildman–Crippen LogP) is 3.34. The van der Waals surface area contributed by atoms with Gasteiger partial charge in [0.1, 0.15) is 0 Å². The molecule has 1 N–H and O–H groups in total. The molecule has 1 aromatic heterocycles. The maximum Gasteiger partial charge on any atom is 0.258 e. The first kappa shape index (κ1) is 13.2. The summed E-state index contributed by atoms with van der Waals surface area (Å²) in [5, 5.41) is 2.78. The fraction of sp³-hybridized carbons (Fsp3) is 0.200. The molecule has 1 aromatic carbocycles. The minimum absolute atomic E-state index is 0.000283. The summed E-state index contributed by atoms with van der Waals surface area (Å²) in [5.74, 6) is -1.07. The van der Waals surface area contributed by atoms with E-state index in [1.165, 1.54) is 12.3 Å². The number of hydrogen-bond donors (Lipinski definition) is 1. The van der Waals surface area contributed by atoms with Crippen molar-refractivity contribution in [3.05, 3.63) is 59.2 Å². The summed E-state index contributed by atoms with van der Waals surface area (Å²) in [6.45, 7) is 3.93. The average Bonchev–Trinajstić information content (AvgIpc) is 2.41. The SMILES string of the molecule is CCc1cccc(C)c1NC(=O)c1ccncc1F. The van der Waals surface area contributed by atoms with Crippen LogP contribution in [0.25, 0.3) is 0 Å². The number of aryl methyl sites for hydroxylation is 2. The van der Waals surface area contributed by atoms with Crippen LogP contribution < -0.4 is 5.32 Å². The minimum atomic E-state index is -0.619. The number of halogens is 1. The number of hydrogen-bond acceptors (Lipinski definition) is 2. The number of nitrogens with one attached hydrogen (secondary N) is 1. The van der Waals surface area contributed by atoms with E-state index < -0.39 is 11.7 Å². The quantitative estimate of drug-likeness (QED) is 0.917. The summed E-state index contributed by atoms with van der Waals surface area (Å²) in [7, 11) is 0. The molecular formula is C15H15FN2O. The fourth-order valence-electron chi connectivity index (χ4n) is 1.94. The lowest BCUT2D eigenvalue weighted by atomic mass is 10.1. The van der Waals surface area contributed by atoms with Crippen LogP contribution in [0.2, 0.25) is 0 Å². The summed E-state index contributed by atoms with van der Waals surface area (Å²) < 4.78 is 13.5. The normalized spacial score (nSPS) is 10.3. The van der Waals surface area contributed by atoms with Crippen molar-refractivity contribution in [3.8, 4) is 0 Å². The summed E-state index contributed by atoms with van der Waals surface area (Å²) >= 11 is 0. The number of benzene rings is 1. The second-order valence-corrected chi connectivity index (χ2v) is 4.27. The van der Waals surface area contributed by atoms with E-state index in [0.29, 0.717) is 0 Å². The highest BCUT2D eigenvalue weighted by Crippen LogP contribution is 2.22. The minimum Gasteiger partial charge on any atom is -0.321 e. The second kappa shape index (κ2) is 5.61. The highest BCUT2D eigenvalue weighted by Gasteiger charge is 2.14. The standard InChI is InChI=1S/C15H15FN2O/c1-3-11-6-4-5-10(2)14(11)18-15(19)12-7-8-17-9-13(12)16/h4-9H,3H2,1-2H3,(H,18,19). The number of aromatic nitrogens is 1. The Labute approximate surface area is 111 Å². The van der Waals surface area contributed by atoms with Crippen LogP contribution in [0, 0.1) is 12.7 Å². The van der Waals surface area contributed by atoms with E-state index in [0.717, 1.165) is 29.4 Å². The molecule has 1 amide bonds. The van der Waals surface area contributed by atoms with Crippen LogP contribution in [0.5, 0.6) is 0 Å². The molecule has 98 valence electrons. The van der Waals surface area contributed by atoms with Gasteiger partial charge in [-0.05, 0) is 30.5 Å². The molecule has 4 heteroatoms. The second-order valence-electron chi connectivity index (χ2n) is 4.27. The van der Waals surface area contributed by atoms with Crippen LogP contribution in [-0.2, 0) is 6.42 Å². The average molecular weight is 258 g/mol. The number of amides is 1. The van der Waals surface area contributed by atoms with E-state index in [2.05, 4.69) is 10.3 Å². The monoisotopic (exact) mass is 258 g/mol. The van der Waals surface area contributed by atoms with E-state index in [1.807, 2.05) is 32.0 Å². The number of pyridine rings is 1. The van der Waals surface area contributed by atoms with Crippen molar-refractivity contribution in [1.29, 1.82) is 0 Å². The Morgan fingerprint density at radius 2 is 2.16 bits per heavy atom. The lowest BCUT2D eigenvalue weighted by Gasteiger charge is -2.13. The first-order chi connectivity index (χ1) is 9.13. The van der Waals surface area contributed by atoms with Crippen LogP contribution in [-0.4, -0.2) is 10.9 Å². The van der Waals surface area contributed by atoms with Crippen LogP contribution >= 0.6 is 0 Å². The van der Waals surface area contributed by atoms with Gasteiger partial charge >= 0.3 is 0 Å². The van der Waals surface area contributed by atoms with Crippen LogP contribution in [0.3, 0.4) is 0 Å². The number of carbonyl (C=O) groups is 1. The zero-order valence-electron chi connectivity index (χ0n) is 10.9. The van der Waals surface area contributed by atoms with Gasteiger partial charge < -0.3 is 5.32 Å². The molecule has 0 saturated carbocycles. The maximum atomic E-state index is 13.5. The van der Waals surface area contributed by atoms with Crippen molar-refractivity contribution in [2.75, 3.05) is 5.32 Å². The van der Waals surface area contributed by atoms with Gasteiger partial charge in [0.05, 0.1) is 11.8 Å². The largest absolute Gasteiger partial charge is 0.321 e. The smallest absolute Gasteiger partial charge is 0.258 e. The number of nitrogens with zero attached hydrogens (tertiary/aromatic N) is 1. The van der Waals surface area contributed by atoms with Gasteiger partial charge in [-0.25, -0.2) is 4.39 Å². The van der Waals surface area contributed by atoms with E-state index in [-0.39, 0.29) is 5.56 Å². The van der Waals surface area contributed by atoms with Gasteiger partial charge in [0.15, 0.2) is 5.82 Å². The third-order valence-electron chi connectivity index (χ3n) is 3.00. The number of para-hydroxylation sites is 1. The van der Waals surface area contributed by atoms with Crippen LogP contribution in [0.4, 0.5) is 10.1 Å². The molecule has 2 rings (SSSR count). The van der Waals surface area contributed by atoms with Crippen molar-refractivity contribution >= 4 is 11.6 Å². The summed E-state index contributed by atoms with van der Waals surface area (Å²) in [5.41, 5.74) is 2.75. The molecule has 0 bridgehead atoms. The molecule has 0 aliphatic carbocycles. The molecule has 0 saturated heterocycles. The Morgan fingerprint density at radius 3 is 2.84 bits per heavy atom. The third-order valence-corrected chi connectivity index (χ3v) is 3.00. The molecule has 0 spiro atoms. The first-order valence-corrected chi connectivity index (χ1v) is 6.12. The molecule has 0 aliphatic heterocycles. The van der Waals surface area contributed by atoms with Crippen molar-refractivity contribution in [2.45, 2.75) is 20.3 Å². The Kier molecular flexibility index (Phi) is 3.90. The Balaban J connectivity index is 2.32. The number of carbonyl (C=O) groups excluding carboxylic acids is 1. The molecule has 0 fully saturated rings. The molecule has 3 nitrogen and oxygen atoms in total. The lowest BCUT2D eigenvalue weighted by molar-refractivity contribution is 0.102. The Bertz CT molecular complexity index is 611. The lowest BCUT2D eigenvalue weighted by Crippen LogP contribution is -2.16. The topological polar surface area (TPSA) is 42.0 Å². The zero-order valence-corrected chi connectivity index (χ0v) is 10.9. The Hall–Kier alpha value is -2.23. The molecule has 0 aliphatic rings. The summed E-state index contributed by atoms with van der Waals surface area (Å²) in [6, 6.07) is 7.18. The van der Waals surface area contributed by atoms with Gasteiger partial charge in [-0.3, -0.25) is 9.78 Å². The van der Waals surface area contributed by atoms with Crippen molar-refractivity contribution in [1.82, 2.24) is 4.98 Å². The van der Waals surface area contributed by atoms with E-state index in [4.69, 9.17) is 0 Å². The molecule has 0 atom stereocenters. The highest BCUT2D eigenvalue weighted by atomic mass is 19.1. The Morgan fingerprint density at radius 1 is 1.37 bits per heavy atom. The van der Waals surface area contributed by atoms with Crippen molar-refractivity contribution in [3.63, 3.8) is 0 Å². The summed E-state index contributed by atoms with van der Waals surface area (Å²) in [6.07, 6.45) is 3.24. The van der Waals surface area contributed by atoms with Gasteiger partial charge in [0.25, 0.3) is 5.91 Å². The van der Waals surface area contributed by atoms with E-state index >= 15 is 0 Å². The zero-order chi connectivity index (χ0) is 13.8. The number of rotatable bonds is 3. The van der Waals surface area contributed by atoms with Crippen molar-refractivity contribution in [2.24, 2.45) is 0 Å².